The van der Waals surface area contributed by atoms with Gasteiger partial charge in [0, 0.05) is 47.8 Å². The molecule has 130 valence electrons. The molecule has 22 heavy (non-hydrogen) atoms. The van der Waals surface area contributed by atoms with Crippen LogP contribution in [-0.4, -0.2) is 80.2 Å². The second-order valence-electron chi connectivity index (χ2n) is 7.01. The monoisotopic (exact) mass is 426 g/mol. The first kappa shape index (κ1) is 21.3. The van der Waals surface area contributed by atoms with Crippen molar-refractivity contribution in [2.45, 2.75) is 32.8 Å². The smallest absolute Gasteiger partial charge is 0.410 e. The molecule has 6 nitrogen and oxygen atoms in total. The number of nitrogens with zero attached hydrogens (tertiary/aromatic N) is 4. The lowest BCUT2D eigenvalue weighted by molar-refractivity contribution is 0.0289. The molecule has 1 heterocycles. The second kappa shape index (κ2) is 8.79. The number of guanidine groups is 1. The van der Waals surface area contributed by atoms with E-state index in [2.05, 4.69) is 4.99 Å². The van der Waals surface area contributed by atoms with Gasteiger partial charge in [-0.25, -0.2) is 4.79 Å². The lowest BCUT2D eigenvalue weighted by atomic mass is 10.1. The number of carbonyl (C=O) groups is 1. The fourth-order valence-electron chi connectivity index (χ4n) is 2.37. The van der Waals surface area contributed by atoms with Crippen LogP contribution < -0.4 is 0 Å². The van der Waals surface area contributed by atoms with Gasteiger partial charge >= 0.3 is 6.09 Å². The Kier molecular flexibility index (Phi) is 8.49. The highest BCUT2D eigenvalue weighted by molar-refractivity contribution is 14.0. The lowest BCUT2D eigenvalue weighted by Gasteiger charge is -2.24. The second-order valence-corrected chi connectivity index (χ2v) is 7.01. The lowest BCUT2D eigenvalue weighted by Crippen LogP contribution is -2.36. The summed E-state index contributed by atoms with van der Waals surface area (Å²) in [4.78, 5) is 22.5. The Balaban J connectivity index is 0.00000441. The third-order valence-corrected chi connectivity index (χ3v) is 3.23. The summed E-state index contributed by atoms with van der Waals surface area (Å²) in [7, 11) is 7.95. The summed E-state index contributed by atoms with van der Waals surface area (Å²) in [5.74, 6) is 1.36. The summed E-state index contributed by atoms with van der Waals surface area (Å²) < 4.78 is 5.41. The Labute approximate surface area is 151 Å². The third-order valence-electron chi connectivity index (χ3n) is 3.23. The Morgan fingerprint density at radius 3 is 2.23 bits per heavy atom. The van der Waals surface area contributed by atoms with Crippen molar-refractivity contribution in [3.63, 3.8) is 0 Å². The zero-order valence-corrected chi connectivity index (χ0v) is 17.2. The topological polar surface area (TPSA) is 48.4 Å². The van der Waals surface area contributed by atoms with Crippen molar-refractivity contribution in [2.24, 2.45) is 10.9 Å². The first-order chi connectivity index (χ1) is 9.60. The van der Waals surface area contributed by atoms with Gasteiger partial charge in [-0.2, -0.15) is 0 Å². The van der Waals surface area contributed by atoms with Crippen LogP contribution in [-0.2, 0) is 4.74 Å². The molecule has 1 aliphatic heterocycles. The number of rotatable bonds is 2. The number of halogens is 1. The molecule has 0 bridgehead atoms. The first-order valence-corrected chi connectivity index (χ1v) is 7.47. The van der Waals surface area contributed by atoms with Crippen LogP contribution in [0.3, 0.4) is 0 Å². The summed E-state index contributed by atoms with van der Waals surface area (Å²) in [6.07, 6.45) is 0.770. The van der Waals surface area contributed by atoms with E-state index in [1.165, 1.54) is 0 Å². The number of aliphatic imine (C=N–C) groups is 1. The Morgan fingerprint density at radius 2 is 1.77 bits per heavy atom. The predicted molar refractivity (Wildman–Crippen MR) is 101 cm³/mol. The molecule has 0 saturated carbocycles. The van der Waals surface area contributed by atoms with E-state index in [1.54, 1.807) is 4.90 Å². The highest BCUT2D eigenvalue weighted by Gasteiger charge is 2.29. The molecule has 0 aromatic rings. The maximum Gasteiger partial charge on any atom is 0.410 e. The largest absolute Gasteiger partial charge is 0.444 e. The molecule has 0 radical (unpaired) electrons. The molecule has 1 saturated heterocycles. The maximum absolute atomic E-state index is 12.0. The molecule has 0 aromatic carbocycles. The van der Waals surface area contributed by atoms with E-state index >= 15 is 0 Å². The van der Waals surface area contributed by atoms with Crippen LogP contribution in [0.15, 0.2) is 4.99 Å². The Morgan fingerprint density at radius 1 is 1.23 bits per heavy atom. The van der Waals surface area contributed by atoms with Gasteiger partial charge in [0.15, 0.2) is 5.96 Å². The quantitative estimate of drug-likeness (QED) is 0.387. The maximum atomic E-state index is 12.0. The van der Waals surface area contributed by atoms with E-state index in [4.69, 9.17) is 4.74 Å². The minimum absolute atomic E-state index is 0. The summed E-state index contributed by atoms with van der Waals surface area (Å²) in [5, 5.41) is 0. The zero-order valence-electron chi connectivity index (χ0n) is 14.9. The average molecular weight is 426 g/mol. The molecule has 7 heteroatoms. The highest BCUT2D eigenvalue weighted by Crippen LogP contribution is 2.19. The van der Waals surface area contributed by atoms with Gasteiger partial charge in [0.1, 0.15) is 5.60 Å². The van der Waals surface area contributed by atoms with Crippen molar-refractivity contribution < 1.29 is 9.53 Å². The van der Waals surface area contributed by atoms with Gasteiger partial charge in [0.2, 0.25) is 0 Å². The van der Waals surface area contributed by atoms with Crippen molar-refractivity contribution >= 4 is 36.0 Å². The number of ether oxygens (including phenoxy) is 1. The van der Waals surface area contributed by atoms with Crippen molar-refractivity contribution in [1.82, 2.24) is 14.7 Å². The average Bonchev–Trinajstić information content (AvgIpc) is 2.74. The van der Waals surface area contributed by atoms with Crippen LogP contribution >= 0.6 is 24.0 Å². The molecular formula is C15H31IN4O2. The third kappa shape index (κ3) is 7.02. The molecule has 1 unspecified atom stereocenters. The van der Waals surface area contributed by atoms with Gasteiger partial charge in [-0.05, 0) is 33.1 Å². The number of likely N-dealkylation sites (tertiary alicyclic amines) is 1. The van der Waals surface area contributed by atoms with E-state index in [0.29, 0.717) is 5.92 Å². The molecule has 0 N–H and O–H groups in total. The number of hydrogen-bond donors (Lipinski definition) is 0. The van der Waals surface area contributed by atoms with Crippen LogP contribution in [0.1, 0.15) is 27.2 Å². The van der Waals surface area contributed by atoms with Crippen molar-refractivity contribution in [2.75, 3.05) is 47.8 Å². The highest BCUT2D eigenvalue weighted by atomic mass is 127. The van der Waals surface area contributed by atoms with E-state index in [1.807, 2.05) is 58.8 Å². The van der Waals surface area contributed by atoms with Crippen molar-refractivity contribution in [1.29, 1.82) is 0 Å². The molecule has 0 aromatic heterocycles. The van der Waals surface area contributed by atoms with Crippen molar-refractivity contribution in [3.8, 4) is 0 Å². The van der Waals surface area contributed by atoms with Crippen LogP contribution in [0.5, 0.6) is 0 Å². The molecule has 1 aliphatic rings. The first-order valence-electron chi connectivity index (χ1n) is 7.47. The molecule has 0 aliphatic carbocycles. The molecular weight excluding hydrogens is 395 g/mol. The SMILES string of the molecule is CN(C)C(=NCC1CCN(C(=O)OC(C)(C)C)C1)N(C)C.I. The van der Waals surface area contributed by atoms with Gasteiger partial charge in [0.25, 0.3) is 0 Å². The minimum Gasteiger partial charge on any atom is -0.444 e. The summed E-state index contributed by atoms with van der Waals surface area (Å²) in [5.41, 5.74) is -0.434. The summed E-state index contributed by atoms with van der Waals surface area (Å²) in [6.45, 7) is 7.90. The molecule has 1 atom stereocenters. The van der Waals surface area contributed by atoms with Crippen molar-refractivity contribution in [3.05, 3.63) is 0 Å². The Bertz CT molecular complexity index is 381. The minimum atomic E-state index is -0.434. The fourth-order valence-corrected chi connectivity index (χ4v) is 2.37. The fraction of sp³-hybridized carbons (Fsp3) is 0.867. The van der Waals surface area contributed by atoms with E-state index in [9.17, 15) is 4.79 Å². The van der Waals surface area contributed by atoms with Crippen LogP contribution in [0.4, 0.5) is 4.79 Å². The molecule has 1 fully saturated rings. The van der Waals surface area contributed by atoms with E-state index in [-0.39, 0.29) is 30.1 Å². The van der Waals surface area contributed by atoms with Crippen LogP contribution in [0.25, 0.3) is 0 Å². The van der Waals surface area contributed by atoms with Gasteiger partial charge in [0.05, 0.1) is 0 Å². The summed E-state index contributed by atoms with van der Waals surface area (Å²) >= 11 is 0. The van der Waals surface area contributed by atoms with Crippen LogP contribution in [0.2, 0.25) is 0 Å². The van der Waals surface area contributed by atoms with E-state index in [0.717, 1.165) is 32.0 Å². The number of carbonyl (C=O) groups excluding carboxylic acids is 1. The zero-order chi connectivity index (χ0) is 16.2. The van der Waals surface area contributed by atoms with Gasteiger partial charge in [-0.1, -0.05) is 0 Å². The standard InChI is InChI=1S/C15H30N4O2.HI/c1-15(2,3)21-14(20)19-9-8-12(11-19)10-16-13(17(4)5)18(6)7;/h12H,8-11H2,1-7H3;1H. The number of amides is 1. The van der Waals surface area contributed by atoms with Gasteiger partial charge in [-0.15, -0.1) is 24.0 Å². The predicted octanol–water partition coefficient (Wildman–Crippen LogP) is 2.34. The van der Waals surface area contributed by atoms with Gasteiger partial charge in [-0.3, -0.25) is 4.99 Å². The van der Waals surface area contributed by atoms with Gasteiger partial charge < -0.3 is 19.4 Å². The normalized spacial score (nSPS) is 17.6. The molecule has 1 amide bonds. The summed E-state index contributed by atoms with van der Waals surface area (Å²) in [6, 6.07) is 0. The molecule has 1 rings (SSSR count). The Hall–Kier alpha value is -0.730. The molecule has 0 spiro atoms. The number of hydrogen-bond acceptors (Lipinski definition) is 3. The van der Waals surface area contributed by atoms with E-state index < -0.39 is 5.60 Å². The van der Waals surface area contributed by atoms with Crippen LogP contribution in [0, 0.1) is 5.92 Å².